The molecule has 3 heterocycles. The number of urea groups is 1. The minimum atomic E-state index is -4.76. The number of rotatable bonds is 9. The second-order valence-electron chi connectivity index (χ2n) is 11.2. The molecular weight excluding hydrogens is 625 g/mol. The van der Waals surface area contributed by atoms with Gasteiger partial charge in [-0.05, 0) is 28.8 Å². The zero-order chi connectivity index (χ0) is 33.1. The fourth-order valence-corrected chi connectivity index (χ4v) is 6.47. The number of para-hydroxylation sites is 1. The van der Waals surface area contributed by atoms with Crippen LogP contribution in [0.4, 0.5) is 4.79 Å². The van der Waals surface area contributed by atoms with Gasteiger partial charge in [-0.1, -0.05) is 73.3 Å². The summed E-state index contributed by atoms with van der Waals surface area (Å²) in [6.07, 6.45) is 2.63. The SMILES string of the molecule is C=CN1CC(=O)N2[C@@H](Cc3ccc(OP(=O)(O)O)cc3)C(=O)N(Cc3cccc4c3=NNCC=4)C[C@@H]2N1C(=O)NCc1ccccc1. The minimum absolute atomic E-state index is 0.0278. The van der Waals surface area contributed by atoms with Gasteiger partial charge in [0.2, 0.25) is 11.8 Å². The van der Waals surface area contributed by atoms with Gasteiger partial charge >= 0.3 is 13.9 Å². The Bertz CT molecular complexity index is 1850. The van der Waals surface area contributed by atoms with Gasteiger partial charge in [0, 0.05) is 30.9 Å². The third-order valence-electron chi connectivity index (χ3n) is 8.18. The van der Waals surface area contributed by atoms with Crippen molar-refractivity contribution in [3.63, 3.8) is 0 Å². The zero-order valence-electron chi connectivity index (χ0n) is 25.3. The van der Waals surface area contributed by atoms with Gasteiger partial charge in [0.25, 0.3) is 0 Å². The molecule has 2 atom stereocenters. The molecule has 0 aliphatic carbocycles. The van der Waals surface area contributed by atoms with Crippen LogP contribution in [0, 0.1) is 0 Å². The highest BCUT2D eigenvalue weighted by Crippen LogP contribution is 2.37. The van der Waals surface area contributed by atoms with Crippen LogP contribution in [0.15, 0.2) is 90.7 Å². The summed E-state index contributed by atoms with van der Waals surface area (Å²) < 4.78 is 16.0. The molecule has 6 rings (SSSR count). The molecule has 15 heteroatoms. The predicted octanol–water partition coefficient (Wildman–Crippen LogP) is 0.771. The van der Waals surface area contributed by atoms with Crippen LogP contribution in [-0.2, 0) is 33.7 Å². The fourth-order valence-electron chi connectivity index (χ4n) is 6.08. The highest BCUT2D eigenvalue weighted by molar-refractivity contribution is 7.46. The largest absolute Gasteiger partial charge is 0.524 e. The van der Waals surface area contributed by atoms with E-state index in [1.807, 2.05) is 54.6 Å². The molecule has 0 bridgehead atoms. The quantitative estimate of drug-likeness (QED) is 0.243. The number of amides is 4. The number of phosphoric ester groups is 1. The number of carbonyl (C=O) groups excluding carboxylic acids is 3. The van der Waals surface area contributed by atoms with Gasteiger partial charge < -0.3 is 25.1 Å². The highest BCUT2D eigenvalue weighted by Gasteiger charge is 2.51. The summed E-state index contributed by atoms with van der Waals surface area (Å²) in [5.41, 5.74) is 5.29. The van der Waals surface area contributed by atoms with Crippen molar-refractivity contribution in [2.75, 3.05) is 19.6 Å². The lowest BCUT2D eigenvalue weighted by Crippen LogP contribution is -2.76. The Kier molecular flexibility index (Phi) is 8.99. The summed E-state index contributed by atoms with van der Waals surface area (Å²) in [6, 6.07) is 19.6. The molecule has 4 amide bonds. The number of fused-ring (bicyclic) bond motifs is 2. The molecule has 0 saturated carbocycles. The van der Waals surface area contributed by atoms with E-state index in [9.17, 15) is 18.9 Å². The Morgan fingerprint density at radius 1 is 1.06 bits per heavy atom. The number of hydrogen-bond acceptors (Lipinski definition) is 8. The molecule has 2 saturated heterocycles. The molecule has 47 heavy (non-hydrogen) atoms. The Morgan fingerprint density at radius 2 is 1.83 bits per heavy atom. The summed E-state index contributed by atoms with van der Waals surface area (Å²) in [6.45, 7) is 4.68. The van der Waals surface area contributed by atoms with Crippen LogP contribution in [0.25, 0.3) is 6.08 Å². The zero-order valence-corrected chi connectivity index (χ0v) is 26.2. The molecule has 0 spiro atoms. The van der Waals surface area contributed by atoms with E-state index in [0.29, 0.717) is 12.1 Å². The maximum absolute atomic E-state index is 14.3. The summed E-state index contributed by atoms with van der Waals surface area (Å²) in [4.78, 5) is 63.3. The second-order valence-corrected chi connectivity index (χ2v) is 12.4. The summed E-state index contributed by atoms with van der Waals surface area (Å²) in [5.74, 6) is -0.712. The minimum Gasteiger partial charge on any atom is -0.404 e. The number of hydrogen-bond donors (Lipinski definition) is 4. The average molecular weight is 660 g/mol. The first-order valence-electron chi connectivity index (χ1n) is 14.9. The third-order valence-corrected chi connectivity index (χ3v) is 8.63. The third kappa shape index (κ3) is 6.99. The van der Waals surface area contributed by atoms with Crippen molar-refractivity contribution >= 4 is 31.7 Å². The Labute approximate surface area is 270 Å². The molecule has 3 aliphatic heterocycles. The Balaban J connectivity index is 1.35. The molecule has 3 aliphatic rings. The molecule has 3 aromatic rings. The van der Waals surface area contributed by atoms with E-state index in [4.69, 9.17) is 9.79 Å². The van der Waals surface area contributed by atoms with Crippen LogP contribution >= 0.6 is 7.82 Å². The van der Waals surface area contributed by atoms with Gasteiger partial charge in [0.15, 0.2) is 0 Å². The molecule has 244 valence electrons. The van der Waals surface area contributed by atoms with E-state index in [2.05, 4.69) is 26.9 Å². The molecule has 14 nitrogen and oxygen atoms in total. The number of nitrogens with one attached hydrogen (secondary N) is 2. The number of phosphoric acid groups is 1. The lowest BCUT2D eigenvalue weighted by atomic mass is 9.98. The number of benzene rings is 3. The molecule has 4 N–H and O–H groups in total. The van der Waals surface area contributed by atoms with Crippen LogP contribution in [0.5, 0.6) is 5.75 Å². The number of carbonyl (C=O) groups is 3. The van der Waals surface area contributed by atoms with E-state index < -0.39 is 26.1 Å². The molecule has 0 radical (unpaired) electrons. The second kappa shape index (κ2) is 13.3. The van der Waals surface area contributed by atoms with Crippen LogP contribution < -0.4 is 25.8 Å². The number of nitrogens with zero attached hydrogens (tertiary/aromatic N) is 5. The standard InChI is InChI=1S/C32H34N7O7P/c1-2-37-21-29(40)38-27(17-22-11-13-26(14-12-22)46-47(43,44)45)31(41)36(19-25-10-6-9-24-15-16-34-35-30(24)25)20-28(38)39(37)32(42)33-18-23-7-4-3-5-8-23/h2-15,27-28,34H,1,16-21H2,(H,33,42)(H2,43,44,45)/t27-,28-/m0/s1. The number of hydrazine groups is 1. The van der Waals surface area contributed by atoms with E-state index in [-0.39, 0.29) is 50.2 Å². The maximum atomic E-state index is 14.3. The molecule has 3 aromatic carbocycles. The van der Waals surface area contributed by atoms with Crippen molar-refractivity contribution in [3.8, 4) is 5.75 Å². The van der Waals surface area contributed by atoms with Crippen molar-refractivity contribution < 1.29 is 33.3 Å². The van der Waals surface area contributed by atoms with Crippen LogP contribution in [0.2, 0.25) is 0 Å². The van der Waals surface area contributed by atoms with Crippen molar-refractivity contribution in [1.29, 1.82) is 0 Å². The first-order chi connectivity index (χ1) is 22.6. The van der Waals surface area contributed by atoms with Crippen LogP contribution in [0.3, 0.4) is 0 Å². The van der Waals surface area contributed by atoms with Gasteiger partial charge in [-0.3, -0.25) is 24.4 Å². The first-order valence-corrected chi connectivity index (χ1v) is 16.5. The molecular formula is C32H34N7O7P. The smallest absolute Gasteiger partial charge is 0.404 e. The van der Waals surface area contributed by atoms with E-state index >= 15 is 0 Å². The van der Waals surface area contributed by atoms with Crippen LogP contribution in [-0.4, -0.2) is 79.3 Å². The first kappa shape index (κ1) is 31.8. The molecule has 0 aromatic heterocycles. The Morgan fingerprint density at radius 3 is 2.55 bits per heavy atom. The lowest BCUT2D eigenvalue weighted by Gasteiger charge is -2.55. The predicted molar refractivity (Wildman–Crippen MR) is 170 cm³/mol. The topological polar surface area (TPSA) is 167 Å². The summed E-state index contributed by atoms with van der Waals surface area (Å²) >= 11 is 0. The van der Waals surface area contributed by atoms with Crippen molar-refractivity contribution in [2.24, 2.45) is 5.10 Å². The average Bonchev–Trinajstić information content (AvgIpc) is 3.06. The lowest BCUT2D eigenvalue weighted by molar-refractivity contribution is -0.184. The normalized spacial score (nSPS) is 19.1. The van der Waals surface area contributed by atoms with Crippen molar-refractivity contribution in [1.82, 2.24) is 30.6 Å². The van der Waals surface area contributed by atoms with Crippen LogP contribution in [0.1, 0.15) is 16.7 Å². The summed E-state index contributed by atoms with van der Waals surface area (Å²) in [7, 11) is -4.76. The Hall–Kier alpha value is -5.17. The van der Waals surface area contributed by atoms with E-state index in [1.165, 1.54) is 33.3 Å². The fraction of sp³-hybridized carbons (Fsp3) is 0.250. The maximum Gasteiger partial charge on any atom is 0.524 e. The highest BCUT2D eigenvalue weighted by atomic mass is 31.2. The van der Waals surface area contributed by atoms with Gasteiger partial charge in [0.05, 0.1) is 18.4 Å². The van der Waals surface area contributed by atoms with Crippen molar-refractivity contribution in [2.45, 2.75) is 31.7 Å². The van der Waals surface area contributed by atoms with Gasteiger partial charge in [0.1, 0.15) is 24.5 Å². The van der Waals surface area contributed by atoms with E-state index in [0.717, 1.165) is 21.7 Å². The summed E-state index contributed by atoms with van der Waals surface area (Å²) in [5, 5.41) is 12.0. The van der Waals surface area contributed by atoms with Crippen molar-refractivity contribution in [3.05, 3.63) is 113 Å². The number of piperazine rings is 1. The molecule has 2 fully saturated rings. The van der Waals surface area contributed by atoms with Gasteiger partial charge in [-0.2, -0.15) is 5.10 Å². The molecule has 0 unspecified atom stereocenters. The monoisotopic (exact) mass is 659 g/mol. The van der Waals surface area contributed by atoms with E-state index in [1.54, 1.807) is 17.0 Å². The van der Waals surface area contributed by atoms with Gasteiger partial charge in [-0.15, -0.1) is 0 Å². The van der Waals surface area contributed by atoms with Gasteiger partial charge in [-0.25, -0.2) is 14.4 Å².